The van der Waals surface area contributed by atoms with Crippen molar-refractivity contribution in [2.45, 2.75) is 25.4 Å². The molecule has 2 heterocycles. The Bertz CT molecular complexity index is 227. The summed E-state index contributed by atoms with van der Waals surface area (Å²) in [5.41, 5.74) is 0. The molecule has 4 nitrogen and oxygen atoms in total. The highest BCUT2D eigenvalue weighted by Gasteiger charge is 2.28. The van der Waals surface area contributed by atoms with Gasteiger partial charge < -0.3 is 15.0 Å². The molecule has 0 radical (unpaired) electrons. The maximum Gasteiger partial charge on any atom is 0.222 e. The summed E-state index contributed by atoms with van der Waals surface area (Å²) in [6, 6.07) is 0. The van der Waals surface area contributed by atoms with Crippen molar-refractivity contribution in [3.63, 3.8) is 0 Å². The van der Waals surface area contributed by atoms with Gasteiger partial charge in [0.2, 0.25) is 5.91 Å². The van der Waals surface area contributed by atoms with Gasteiger partial charge in [-0.3, -0.25) is 4.79 Å². The molecule has 1 N–H and O–H groups in total. The van der Waals surface area contributed by atoms with Gasteiger partial charge in [-0.05, 0) is 31.8 Å². The number of hydrogen-bond donors (Lipinski definition) is 1. The molecule has 0 bridgehead atoms. The van der Waals surface area contributed by atoms with Crippen LogP contribution in [0.5, 0.6) is 0 Å². The lowest BCUT2D eigenvalue weighted by molar-refractivity contribution is -0.131. The zero-order valence-corrected chi connectivity index (χ0v) is 9.37. The molecule has 2 rings (SSSR count). The maximum absolute atomic E-state index is 11.9. The molecule has 2 aliphatic heterocycles. The minimum Gasteiger partial charge on any atom is -0.380 e. The summed E-state index contributed by atoms with van der Waals surface area (Å²) in [5, 5.41) is 3.29. The fourth-order valence-corrected chi connectivity index (χ4v) is 2.41. The number of carbonyl (C=O) groups is 1. The van der Waals surface area contributed by atoms with Crippen LogP contribution in [0.1, 0.15) is 19.3 Å². The van der Waals surface area contributed by atoms with Gasteiger partial charge in [0.15, 0.2) is 0 Å². The molecule has 0 saturated carbocycles. The van der Waals surface area contributed by atoms with Gasteiger partial charge in [-0.25, -0.2) is 0 Å². The van der Waals surface area contributed by atoms with Crippen molar-refractivity contribution >= 4 is 5.91 Å². The van der Waals surface area contributed by atoms with Crippen molar-refractivity contribution in [2.75, 3.05) is 33.3 Å². The van der Waals surface area contributed by atoms with Crippen molar-refractivity contribution in [2.24, 2.45) is 5.92 Å². The first-order valence-corrected chi connectivity index (χ1v) is 5.81. The second kappa shape index (κ2) is 4.94. The molecule has 15 heavy (non-hydrogen) atoms. The number of likely N-dealkylation sites (tertiary alicyclic amines) is 1. The van der Waals surface area contributed by atoms with E-state index < -0.39 is 0 Å². The molecule has 2 aliphatic rings. The van der Waals surface area contributed by atoms with E-state index in [1.54, 1.807) is 7.11 Å². The van der Waals surface area contributed by atoms with E-state index >= 15 is 0 Å². The van der Waals surface area contributed by atoms with Gasteiger partial charge in [-0.1, -0.05) is 0 Å². The molecular weight excluding hydrogens is 192 g/mol. The predicted octanol–water partition coefficient (Wildman–Crippen LogP) is 0.233. The lowest BCUT2D eigenvalue weighted by atomic mass is 10.0. The molecule has 4 heteroatoms. The molecule has 86 valence electrons. The Kier molecular flexibility index (Phi) is 3.59. The van der Waals surface area contributed by atoms with E-state index in [4.69, 9.17) is 4.74 Å². The monoisotopic (exact) mass is 212 g/mol. The molecule has 0 aromatic heterocycles. The van der Waals surface area contributed by atoms with Crippen molar-refractivity contribution < 1.29 is 9.53 Å². The van der Waals surface area contributed by atoms with Crippen molar-refractivity contribution in [1.29, 1.82) is 0 Å². The minimum absolute atomic E-state index is 0.260. The van der Waals surface area contributed by atoms with Gasteiger partial charge >= 0.3 is 0 Å². The first-order chi connectivity index (χ1) is 7.29. The number of carbonyl (C=O) groups excluding carboxylic acids is 1. The van der Waals surface area contributed by atoms with E-state index in [1.807, 2.05) is 4.90 Å². The Hall–Kier alpha value is -0.610. The highest BCUT2D eigenvalue weighted by Crippen LogP contribution is 2.18. The molecule has 0 aromatic rings. The van der Waals surface area contributed by atoms with Gasteiger partial charge in [-0.2, -0.15) is 0 Å². The average Bonchev–Trinajstić information content (AvgIpc) is 2.86. The molecule has 2 unspecified atom stereocenters. The summed E-state index contributed by atoms with van der Waals surface area (Å²) >= 11 is 0. The lowest BCUT2D eigenvalue weighted by Gasteiger charge is -2.18. The van der Waals surface area contributed by atoms with E-state index in [9.17, 15) is 4.79 Å². The fraction of sp³-hybridized carbons (Fsp3) is 0.909. The summed E-state index contributed by atoms with van der Waals surface area (Å²) in [7, 11) is 1.72. The number of hydrogen-bond acceptors (Lipinski definition) is 3. The topological polar surface area (TPSA) is 41.6 Å². The van der Waals surface area contributed by atoms with E-state index in [0.29, 0.717) is 18.2 Å². The predicted molar refractivity (Wildman–Crippen MR) is 57.6 cm³/mol. The summed E-state index contributed by atoms with van der Waals surface area (Å²) in [4.78, 5) is 13.9. The number of nitrogens with one attached hydrogen (secondary N) is 1. The molecule has 0 aliphatic carbocycles. The first kappa shape index (κ1) is 10.9. The summed E-state index contributed by atoms with van der Waals surface area (Å²) in [5.74, 6) is 0.863. The van der Waals surface area contributed by atoms with Crippen LogP contribution in [-0.2, 0) is 9.53 Å². The highest BCUT2D eigenvalue weighted by atomic mass is 16.5. The number of ether oxygens (including phenoxy) is 1. The Morgan fingerprint density at radius 3 is 3.00 bits per heavy atom. The average molecular weight is 212 g/mol. The third-order valence-electron chi connectivity index (χ3n) is 3.46. The zero-order chi connectivity index (χ0) is 10.7. The van der Waals surface area contributed by atoms with Crippen molar-refractivity contribution in [1.82, 2.24) is 10.2 Å². The first-order valence-electron chi connectivity index (χ1n) is 5.81. The van der Waals surface area contributed by atoms with Crippen LogP contribution in [0.25, 0.3) is 0 Å². The molecule has 1 amide bonds. The normalized spacial score (nSPS) is 31.1. The van der Waals surface area contributed by atoms with Gasteiger partial charge in [0.25, 0.3) is 0 Å². The molecule has 2 fully saturated rings. The van der Waals surface area contributed by atoms with Gasteiger partial charge in [0.1, 0.15) is 0 Å². The summed E-state index contributed by atoms with van der Waals surface area (Å²) < 4.78 is 5.26. The standard InChI is InChI=1S/C11H20N2O2/c1-15-10-3-5-13(8-10)11(14)6-9-2-4-12-7-9/h9-10,12H,2-8H2,1H3. The van der Waals surface area contributed by atoms with E-state index in [-0.39, 0.29) is 6.10 Å². The van der Waals surface area contributed by atoms with E-state index in [0.717, 1.165) is 39.0 Å². The maximum atomic E-state index is 11.9. The minimum atomic E-state index is 0.260. The summed E-state index contributed by atoms with van der Waals surface area (Å²) in [6.07, 6.45) is 3.11. The zero-order valence-electron chi connectivity index (χ0n) is 9.37. The van der Waals surface area contributed by atoms with Crippen LogP contribution in [-0.4, -0.2) is 50.2 Å². The lowest BCUT2D eigenvalue weighted by Crippen LogP contribution is -2.31. The van der Waals surface area contributed by atoms with Crippen LogP contribution in [0.3, 0.4) is 0 Å². The number of methoxy groups -OCH3 is 1. The number of rotatable bonds is 3. The van der Waals surface area contributed by atoms with Crippen LogP contribution < -0.4 is 5.32 Å². The van der Waals surface area contributed by atoms with Crippen LogP contribution in [0.4, 0.5) is 0 Å². The van der Waals surface area contributed by atoms with Crippen molar-refractivity contribution in [3.8, 4) is 0 Å². The van der Waals surface area contributed by atoms with Crippen LogP contribution in [0.15, 0.2) is 0 Å². The molecule has 0 aromatic carbocycles. The van der Waals surface area contributed by atoms with Crippen LogP contribution >= 0.6 is 0 Å². The van der Waals surface area contributed by atoms with Crippen LogP contribution in [0.2, 0.25) is 0 Å². The Morgan fingerprint density at radius 1 is 1.53 bits per heavy atom. The molecular formula is C11H20N2O2. The second-order valence-corrected chi connectivity index (χ2v) is 4.55. The van der Waals surface area contributed by atoms with Crippen molar-refractivity contribution in [3.05, 3.63) is 0 Å². The Morgan fingerprint density at radius 2 is 2.40 bits per heavy atom. The Labute approximate surface area is 91.0 Å². The Balaban J connectivity index is 1.76. The molecule has 2 saturated heterocycles. The van der Waals surface area contributed by atoms with Gasteiger partial charge in [-0.15, -0.1) is 0 Å². The third-order valence-corrected chi connectivity index (χ3v) is 3.46. The van der Waals surface area contributed by atoms with E-state index in [2.05, 4.69) is 5.32 Å². The fourth-order valence-electron chi connectivity index (χ4n) is 2.41. The quantitative estimate of drug-likeness (QED) is 0.728. The third kappa shape index (κ3) is 2.69. The SMILES string of the molecule is COC1CCN(C(=O)CC2CCNC2)C1. The molecule has 0 spiro atoms. The molecule has 2 atom stereocenters. The second-order valence-electron chi connectivity index (χ2n) is 4.55. The largest absolute Gasteiger partial charge is 0.380 e. The number of nitrogens with zero attached hydrogens (tertiary/aromatic N) is 1. The van der Waals surface area contributed by atoms with Crippen LogP contribution in [0, 0.1) is 5.92 Å². The highest BCUT2D eigenvalue weighted by molar-refractivity contribution is 5.76. The number of amides is 1. The smallest absolute Gasteiger partial charge is 0.222 e. The van der Waals surface area contributed by atoms with E-state index in [1.165, 1.54) is 0 Å². The summed E-state index contributed by atoms with van der Waals surface area (Å²) in [6.45, 7) is 3.74. The van der Waals surface area contributed by atoms with Gasteiger partial charge in [0.05, 0.1) is 6.10 Å². The van der Waals surface area contributed by atoms with Gasteiger partial charge in [0, 0.05) is 26.6 Å².